The van der Waals surface area contributed by atoms with Crippen molar-refractivity contribution in [1.29, 1.82) is 0 Å². The van der Waals surface area contributed by atoms with Gasteiger partial charge < -0.3 is 24.3 Å². The lowest BCUT2D eigenvalue weighted by Crippen LogP contribution is -2.41. The standard InChI is InChI=1S/C20H26N4O3/c1-3-26-19-11-15-10-14(2)27-18(15)12-17(19)22-20(25)23-7-4-16(5-8-23)24-9-6-21-13-24/h6,9,11-14,16H,3-5,7-8,10H2,1-2H3,(H,22,25)/t14-/m1/s1. The number of urea groups is 1. The highest BCUT2D eigenvalue weighted by Gasteiger charge is 2.26. The van der Waals surface area contributed by atoms with Crippen molar-refractivity contribution in [3.63, 3.8) is 0 Å². The minimum atomic E-state index is -0.0916. The Bertz CT molecular complexity index is 798. The molecule has 1 N–H and O–H groups in total. The summed E-state index contributed by atoms with van der Waals surface area (Å²) in [5.41, 5.74) is 1.80. The lowest BCUT2D eigenvalue weighted by molar-refractivity contribution is 0.183. The van der Waals surface area contributed by atoms with Gasteiger partial charge in [-0.3, -0.25) is 0 Å². The molecule has 0 aliphatic carbocycles. The van der Waals surface area contributed by atoms with Crippen molar-refractivity contribution in [2.24, 2.45) is 0 Å². The molecule has 0 spiro atoms. The van der Waals surface area contributed by atoms with Crippen molar-refractivity contribution >= 4 is 11.7 Å². The Kier molecular flexibility index (Phi) is 4.92. The molecule has 0 radical (unpaired) electrons. The molecular weight excluding hydrogens is 344 g/mol. The van der Waals surface area contributed by atoms with Gasteiger partial charge in [0.25, 0.3) is 0 Å². The Hall–Kier alpha value is -2.70. The first-order valence-corrected chi connectivity index (χ1v) is 9.63. The number of aromatic nitrogens is 2. The van der Waals surface area contributed by atoms with E-state index in [9.17, 15) is 4.79 Å². The number of anilines is 1. The number of rotatable bonds is 4. The van der Waals surface area contributed by atoms with E-state index in [1.54, 1.807) is 6.20 Å². The van der Waals surface area contributed by atoms with E-state index in [1.807, 2.05) is 43.4 Å². The van der Waals surface area contributed by atoms with E-state index in [0.717, 1.165) is 43.7 Å². The second-order valence-corrected chi connectivity index (χ2v) is 7.18. The summed E-state index contributed by atoms with van der Waals surface area (Å²) in [5.74, 6) is 1.54. The normalized spacial score (nSPS) is 19.5. The number of hydrogen-bond acceptors (Lipinski definition) is 4. The fourth-order valence-electron chi connectivity index (χ4n) is 3.86. The second kappa shape index (κ2) is 7.50. The van der Waals surface area contributed by atoms with Crippen LogP contribution in [0.2, 0.25) is 0 Å². The molecule has 7 heteroatoms. The van der Waals surface area contributed by atoms with Gasteiger partial charge in [0, 0.05) is 49.6 Å². The van der Waals surface area contributed by atoms with Gasteiger partial charge in [0.1, 0.15) is 17.6 Å². The van der Waals surface area contributed by atoms with Crippen molar-refractivity contribution in [1.82, 2.24) is 14.5 Å². The fourth-order valence-corrected chi connectivity index (χ4v) is 3.86. The van der Waals surface area contributed by atoms with E-state index in [-0.39, 0.29) is 12.1 Å². The highest BCUT2D eigenvalue weighted by molar-refractivity contribution is 5.91. The Morgan fingerprint density at radius 3 is 2.89 bits per heavy atom. The van der Waals surface area contributed by atoms with Crippen LogP contribution in [0.1, 0.15) is 38.3 Å². The molecule has 7 nitrogen and oxygen atoms in total. The average molecular weight is 370 g/mol. The summed E-state index contributed by atoms with van der Waals surface area (Å²) in [6, 6.07) is 4.19. The number of nitrogens with zero attached hydrogens (tertiary/aromatic N) is 3. The topological polar surface area (TPSA) is 68.6 Å². The lowest BCUT2D eigenvalue weighted by Gasteiger charge is -2.32. The molecule has 1 saturated heterocycles. The Morgan fingerprint density at radius 1 is 1.37 bits per heavy atom. The number of imidazole rings is 1. The van der Waals surface area contributed by atoms with Crippen LogP contribution < -0.4 is 14.8 Å². The van der Waals surface area contributed by atoms with Crippen molar-refractivity contribution in [3.8, 4) is 11.5 Å². The number of carbonyl (C=O) groups is 1. The summed E-state index contributed by atoms with van der Waals surface area (Å²) in [4.78, 5) is 18.8. The number of likely N-dealkylation sites (tertiary alicyclic amines) is 1. The third-order valence-corrected chi connectivity index (χ3v) is 5.24. The number of ether oxygens (including phenoxy) is 2. The van der Waals surface area contributed by atoms with Crippen LogP contribution in [-0.4, -0.2) is 46.3 Å². The van der Waals surface area contributed by atoms with Crippen LogP contribution in [0.25, 0.3) is 0 Å². The molecule has 1 aromatic carbocycles. The van der Waals surface area contributed by atoms with Crippen molar-refractivity contribution in [2.45, 2.75) is 45.3 Å². The van der Waals surface area contributed by atoms with Crippen LogP contribution in [0.5, 0.6) is 11.5 Å². The average Bonchev–Trinajstić information content (AvgIpc) is 3.31. The molecule has 2 amide bonds. The van der Waals surface area contributed by atoms with E-state index in [1.165, 1.54) is 0 Å². The lowest BCUT2D eigenvalue weighted by atomic mass is 10.1. The zero-order valence-electron chi connectivity index (χ0n) is 15.9. The highest BCUT2D eigenvalue weighted by atomic mass is 16.5. The number of hydrogen-bond donors (Lipinski definition) is 1. The SMILES string of the molecule is CCOc1cc2c(cc1NC(=O)N1CCC(n3ccnc3)CC1)O[C@H](C)C2. The van der Waals surface area contributed by atoms with Gasteiger partial charge in [0.2, 0.25) is 0 Å². The molecule has 27 heavy (non-hydrogen) atoms. The summed E-state index contributed by atoms with van der Waals surface area (Å²) >= 11 is 0. The van der Waals surface area contributed by atoms with E-state index in [2.05, 4.69) is 14.9 Å². The van der Waals surface area contributed by atoms with Crippen LogP contribution >= 0.6 is 0 Å². The summed E-state index contributed by atoms with van der Waals surface area (Å²) in [5, 5.41) is 3.02. The number of carbonyl (C=O) groups excluding carboxylic acids is 1. The zero-order valence-corrected chi connectivity index (χ0v) is 15.9. The van der Waals surface area contributed by atoms with Gasteiger partial charge in [0.15, 0.2) is 0 Å². The summed E-state index contributed by atoms with van der Waals surface area (Å²) in [7, 11) is 0. The minimum absolute atomic E-state index is 0.0916. The third kappa shape index (κ3) is 3.72. The second-order valence-electron chi connectivity index (χ2n) is 7.18. The molecule has 3 heterocycles. The number of amides is 2. The van der Waals surface area contributed by atoms with Gasteiger partial charge in [0.05, 0.1) is 18.6 Å². The maximum Gasteiger partial charge on any atom is 0.321 e. The van der Waals surface area contributed by atoms with Gasteiger partial charge in [-0.1, -0.05) is 0 Å². The zero-order chi connectivity index (χ0) is 18.8. The van der Waals surface area contributed by atoms with Crippen molar-refractivity contribution < 1.29 is 14.3 Å². The predicted molar refractivity (Wildman–Crippen MR) is 102 cm³/mol. The van der Waals surface area contributed by atoms with Gasteiger partial charge in [-0.15, -0.1) is 0 Å². The molecule has 1 atom stereocenters. The first-order valence-electron chi connectivity index (χ1n) is 9.63. The molecule has 2 aromatic rings. The third-order valence-electron chi connectivity index (χ3n) is 5.24. The molecule has 1 fully saturated rings. The minimum Gasteiger partial charge on any atom is -0.492 e. The van der Waals surface area contributed by atoms with E-state index in [4.69, 9.17) is 9.47 Å². The fraction of sp³-hybridized carbons (Fsp3) is 0.500. The maximum absolute atomic E-state index is 12.8. The molecular formula is C20H26N4O3. The van der Waals surface area contributed by atoms with Gasteiger partial charge >= 0.3 is 6.03 Å². The van der Waals surface area contributed by atoms with Crippen LogP contribution in [0.4, 0.5) is 10.5 Å². The number of nitrogens with one attached hydrogen (secondary N) is 1. The smallest absolute Gasteiger partial charge is 0.321 e. The Morgan fingerprint density at radius 2 is 2.19 bits per heavy atom. The van der Waals surface area contributed by atoms with E-state index < -0.39 is 0 Å². The van der Waals surface area contributed by atoms with Gasteiger partial charge in [-0.25, -0.2) is 9.78 Å². The molecule has 4 rings (SSSR count). The number of piperidine rings is 1. The monoisotopic (exact) mass is 370 g/mol. The first-order chi connectivity index (χ1) is 13.1. The molecule has 0 bridgehead atoms. The quantitative estimate of drug-likeness (QED) is 0.895. The molecule has 1 aromatic heterocycles. The molecule has 0 unspecified atom stereocenters. The van der Waals surface area contributed by atoms with Gasteiger partial charge in [-0.2, -0.15) is 0 Å². The first kappa shape index (κ1) is 17.7. The summed E-state index contributed by atoms with van der Waals surface area (Å²) in [6.07, 6.45) is 8.50. The van der Waals surface area contributed by atoms with Gasteiger partial charge in [-0.05, 0) is 32.8 Å². The van der Waals surface area contributed by atoms with Crippen LogP contribution in [-0.2, 0) is 6.42 Å². The molecule has 2 aliphatic heterocycles. The Labute approximate surface area is 159 Å². The number of benzene rings is 1. The molecule has 0 saturated carbocycles. The highest BCUT2D eigenvalue weighted by Crippen LogP contribution is 2.38. The summed E-state index contributed by atoms with van der Waals surface area (Å²) < 4.78 is 13.7. The van der Waals surface area contributed by atoms with E-state index >= 15 is 0 Å². The molecule has 2 aliphatic rings. The molecule has 144 valence electrons. The van der Waals surface area contributed by atoms with E-state index in [0.29, 0.717) is 24.1 Å². The van der Waals surface area contributed by atoms with Crippen LogP contribution in [0.15, 0.2) is 30.9 Å². The van der Waals surface area contributed by atoms with Crippen molar-refractivity contribution in [2.75, 3.05) is 25.0 Å². The Balaban J connectivity index is 1.43. The van der Waals surface area contributed by atoms with Crippen LogP contribution in [0.3, 0.4) is 0 Å². The summed E-state index contributed by atoms with van der Waals surface area (Å²) in [6.45, 7) is 5.98. The maximum atomic E-state index is 12.8. The number of fused-ring (bicyclic) bond motifs is 1. The van der Waals surface area contributed by atoms with Crippen molar-refractivity contribution in [3.05, 3.63) is 36.4 Å². The predicted octanol–water partition coefficient (Wildman–Crippen LogP) is 3.47. The van der Waals surface area contributed by atoms with Crippen LogP contribution in [0, 0.1) is 0 Å². The largest absolute Gasteiger partial charge is 0.492 e.